The first-order valence-corrected chi connectivity index (χ1v) is 9.89. The lowest BCUT2D eigenvalue weighted by molar-refractivity contribution is 0.0938. The fourth-order valence-corrected chi connectivity index (χ4v) is 3.35. The maximum Gasteiger partial charge on any atom is 0.261 e. The normalized spacial score (nSPS) is 13.0. The summed E-state index contributed by atoms with van der Waals surface area (Å²) in [4.78, 5) is 12.0. The highest BCUT2D eigenvalue weighted by Crippen LogP contribution is 2.31. The average molecular weight is 417 g/mol. The zero-order chi connectivity index (χ0) is 16.2. The van der Waals surface area contributed by atoms with Gasteiger partial charge in [0.2, 0.25) is 0 Å². The Kier molecular flexibility index (Phi) is 6.97. The molecular weight excluding hydrogens is 401 g/mol. The van der Waals surface area contributed by atoms with Gasteiger partial charge in [-0.15, -0.1) is 0 Å². The number of carbonyl (C=O) groups excluding carboxylic acids is 1. The summed E-state index contributed by atoms with van der Waals surface area (Å²) in [5.74, 6) is -0.425. The summed E-state index contributed by atoms with van der Waals surface area (Å²) in [7, 11) is 1.37. The lowest BCUT2D eigenvalue weighted by atomic mass is 10.1. The Labute approximate surface area is 142 Å². The molecule has 0 aliphatic heterocycles. The van der Waals surface area contributed by atoms with Crippen molar-refractivity contribution in [2.45, 2.75) is 44.0 Å². The molecule has 1 atom stereocenters. The first-order chi connectivity index (χ1) is 9.66. The van der Waals surface area contributed by atoms with E-state index in [0.29, 0.717) is 4.47 Å². The smallest absolute Gasteiger partial charge is 0.261 e. The van der Waals surface area contributed by atoms with E-state index in [-0.39, 0.29) is 21.5 Å². The van der Waals surface area contributed by atoms with Gasteiger partial charge < -0.3 is 5.32 Å². The minimum absolute atomic E-state index is 0.0245. The molecule has 1 aromatic rings. The van der Waals surface area contributed by atoms with Crippen molar-refractivity contribution in [1.82, 2.24) is 5.32 Å². The summed E-state index contributed by atoms with van der Waals surface area (Å²) in [6.07, 6.45) is 2.87. The van der Waals surface area contributed by atoms with E-state index in [1.165, 1.54) is 12.1 Å². The van der Waals surface area contributed by atoms with Crippen LogP contribution < -0.4 is 5.32 Å². The molecule has 8 heteroatoms. The van der Waals surface area contributed by atoms with E-state index in [2.05, 4.69) is 28.2 Å². The molecular formula is C13H16BrCl2NO3S. The van der Waals surface area contributed by atoms with E-state index in [9.17, 15) is 13.2 Å². The lowest BCUT2D eigenvalue weighted by Crippen LogP contribution is -2.32. The molecule has 118 valence electrons. The van der Waals surface area contributed by atoms with Crippen molar-refractivity contribution in [3.05, 3.63) is 27.2 Å². The molecule has 0 aromatic heterocycles. The number of unbranched alkanes of at least 4 members (excludes halogenated alkanes) is 1. The number of hydrogen-bond acceptors (Lipinski definition) is 3. The molecule has 0 saturated carbocycles. The molecule has 0 aliphatic carbocycles. The summed E-state index contributed by atoms with van der Waals surface area (Å²) < 4.78 is 23.1. The third kappa shape index (κ3) is 5.43. The standard InChI is InChI=1S/C13H16BrCl2NO3S/c1-3-4-5-8(2)17-13(18)10-6-9(21(16,19)20)7-11(14)12(10)15/h6-8H,3-5H2,1-2H3,(H,17,18). The van der Waals surface area contributed by atoms with Crippen molar-refractivity contribution < 1.29 is 13.2 Å². The summed E-state index contributed by atoms with van der Waals surface area (Å²) in [6, 6.07) is 2.42. The topological polar surface area (TPSA) is 63.2 Å². The van der Waals surface area contributed by atoms with Gasteiger partial charge in [-0.05, 0) is 41.4 Å². The van der Waals surface area contributed by atoms with Crippen LogP contribution in [0.15, 0.2) is 21.5 Å². The van der Waals surface area contributed by atoms with Crippen molar-refractivity contribution in [2.75, 3.05) is 0 Å². The van der Waals surface area contributed by atoms with Gasteiger partial charge in [-0.3, -0.25) is 4.79 Å². The van der Waals surface area contributed by atoms with Crippen molar-refractivity contribution in [2.24, 2.45) is 0 Å². The van der Waals surface area contributed by atoms with Crippen LogP contribution in [0, 0.1) is 0 Å². The van der Waals surface area contributed by atoms with Crippen LogP contribution in [-0.4, -0.2) is 20.4 Å². The Morgan fingerprint density at radius 2 is 2.05 bits per heavy atom. The number of rotatable bonds is 6. The van der Waals surface area contributed by atoms with Crippen LogP contribution in [-0.2, 0) is 9.05 Å². The van der Waals surface area contributed by atoms with Crippen LogP contribution in [0.25, 0.3) is 0 Å². The summed E-state index contributed by atoms with van der Waals surface area (Å²) >= 11 is 9.18. The maximum atomic E-state index is 12.2. The van der Waals surface area contributed by atoms with Crippen molar-refractivity contribution in [3.8, 4) is 0 Å². The molecule has 1 aromatic carbocycles. The molecule has 0 saturated heterocycles. The quantitative estimate of drug-likeness (QED) is 0.701. The molecule has 21 heavy (non-hydrogen) atoms. The van der Waals surface area contributed by atoms with Gasteiger partial charge in [-0.25, -0.2) is 8.42 Å². The monoisotopic (exact) mass is 415 g/mol. The molecule has 0 spiro atoms. The molecule has 1 unspecified atom stereocenters. The molecule has 0 fully saturated rings. The second kappa shape index (κ2) is 7.81. The van der Waals surface area contributed by atoms with E-state index in [0.717, 1.165) is 19.3 Å². The van der Waals surface area contributed by atoms with E-state index in [1.54, 1.807) is 0 Å². The summed E-state index contributed by atoms with van der Waals surface area (Å²) in [6.45, 7) is 3.95. The summed E-state index contributed by atoms with van der Waals surface area (Å²) in [5.41, 5.74) is 0.0774. The Morgan fingerprint density at radius 3 is 2.57 bits per heavy atom. The first kappa shape index (κ1) is 18.7. The Balaban J connectivity index is 3.06. The van der Waals surface area contributed by atoms with Crippen molar-refractivity contribution in [1.29, 1.82) is 0 Å². The lowest BCUT2D eigenvalue weighted by Gasteiger charge is -2.15. The zero-order valence-corrected chi connectivity index (χ0v) is 15.5. The average Bonchev–Trinajstić information content (AvgIpc) is 2.37. The Hall–Kier alpha value is -0.300. The maximum absolute atomic E-state index is 12.2. The predicted molar refractivity (Wildman–Crippen MR) is 88.6 cm³/mol. The molecule has 1 rings (SSSR count). The number of hydrogen-bond donors (Lipinski definition) is 1. The number of carbonyl (C=O) groups is 1. The second-order valence-electron chi connectivity index (χ2n) is 4.72. The Bertz CT molecular complexity index is 635. The van der Waals surface area contributed by atoms with Crippen molar-refractivity contribution in [3.63, 3.8) is 0 Å². The third-order valence-corrected chi connectivity index (χ3v) is 5.49. The molecule has 0 radical (unpaired) electrons. The van der Waals surface area contributed by atoms with Gasteiger partial charge in [0.1, 0.15) is 0 Å². The van der Waals surface area contributed by atoms with Crippen LogP contribution in [0.1, 0.15) is 43.5 Å². The summed E-state index contributed by atoms with van der Waals surface area (Å²) in [5, 5.41) is 2.95. The molecule has 1 N–H and O–H groups in total. The van der Waals surface area contributed by atoms with Crippen molar-refractivity contribution >= 4 is 53.2 Å². The van der Waals surface area contributed by atoms with Gasteiger partial charge in [0, 0.05) is 21.2 Å². The number of nitrogens with one attached hydrogen (secondary N) is 1. The number of halogens is 3. The van der Waals surface area contributed by atoms with Crippen LogP contribution >= 0.6 is 38.2 Å². The fraction of sp³-hybridized carbons (Fsp3) is 0.462. The number of benzene rings is 1. The number of amides is 1. The Morgan fingerprint density at radius 1 is 1.43 bits per heavy atom. The highest BCUT2D eigenvalue weighted by molar-refractivity contribution is 9.10. The van der Waals surface area contributed by atoms with E-state index in [4.69, 9.17) is 22.3 Å². The van der Waals surface area contributed by atoms with Gasteiger partial charge in [-0.1, -0.05) is 31.4 Å². The van der Waals surface area contributed by atoms with Gasteiger partial charge >= 0.3 is 0 Å². The second-order valence-corrected chi connectivity index (χ2v) is 8.52. The van der Waals surface area contributed by atoms with Gasteiger partial charge in [0.05, 0.1) is 15.5 Å². The fourth-order valence-electron chi connectivity index (χ4n) is 1.75. The highest BCUT2D eigenvalue weighted by Gasteiger charge is 2.20. The van der Waals surface area contributed by atoms with E-state index < -0.39 is 15.0 Å². The largest absolute Gasteiger partial charge is 0.350 e. The van der Waals surface area contributed by atoms with Crippen LogP contribution in [0.4, 0.5) is 0 Å². The molecule has 0 heterocycles. The highest BCUT2D eigenvalue weighted by atomic mass is 79.9. The van der Waals surface area contributed by atoms with Crippen LogP contribution in [0.3, 0.4) is 0 Å². The van der Waals surface area contributed by atoms with Gasteiger partial charge in [0.15, 0.2) is 0 Å². The van der Waals surface area contributed by atoms with Gasteiger partial charge in [0.25, 0.3) is 15.0 Å². The van der Waals surface area contributed by atoms with E-state index in [1.807, 2.05) is 6.92 Å². The molecule has 1 amide bonds. The third-order valence-electron chi connectivity index (χ3n) is 2.90. The molecule has 0 bridgehead atoms. The molecule has 0 aliphatic rings. The van der Waals surface area contributed by atoms with E-state index >= 15 is 0 Å². The van der Waals surface area contributed by atoms with Crippen LogP contribution in [0.5, 0.6) is 0 Å². The van der Waals surface area contributed by atoms with Gasteiger partial charge in [-0.2, -0.15) is 0 Å². The van der Waals surface area contributed by atoms with Crippen LogP contribution in [0.2, 0.25) is 5.02 Å². The minimum atomic E-state index is -3.94. The zero-order valence-electron chi connectivity index (χ0n) is 11.6. The molecule has 4 nitrogen and oxygen atoms in total. The SMILES string of the molecule is CCCCC(C)NC(=O)c1cc(S(=O)(=O)Cl)cc(Br)c1Cl. The predicted octanol–water partition coefficient (Wildman–Crippen LogP) is 4.34. The minimum Gasteiger partial charge on any atom is -0.350 e. The first-order valence-electron chi connectivity index (χ1n) is 6.41.